The Morgan fingerprint density at radius 2 is 1.43 bits per heavy atom. The fourth-order valence-corrected chi connectivity index (χ4v) is 4.47. The summed E-state index contributed by atoms with van der Waals surface area (Å²) < 4.78 is 10.9. The lowest BCUT2D eigenvalue weighted by molar-refractivity contribution is -0.141. The predicted molar refractivity (Wildman–Crippen MR) is 148 cm³/mol. The molecule has 0 bridgehead atoms. The molecular weight excluding hydrogens is 514 g/mol. The normalized spacial score (nSPS) is 13.9. The molecule has 1 aliphatic rings. The highest BCUT2D eigenvalue weighted by Crippen LogP contribution is 2.20. The number of carbonyl (C=O) groups excluding carboxylic acids is 3. The molecule has 1 aliphatic heterocycles. The second-order valence-electron chi connectivity index (χ2n) is 9.50. The first kappa shape index (κ1) is 28.4. The summed E-state index contributed by atoms with van der Waals surface area (Å²) in [6.45, 7) is 1.78. The first-order valence-corrected chi connectivity index (χ1v) is 13.3. The van der Waals surface area contributed by atoms with Gasteiger partial charge in [0.05, 0.1) is 13.0 Å². The van der Waals surface area contributed by atoms with E-state index in [2.05, 4.69) is 5.32 Å². The van der Waals surface area contributed by atoms with Gasteiger partial charge in [0.15, 0.2) is 0 Å². The van der Waals surface area contributed by atoms with Crippen molar-refractivity contribution in [1.29, 1.82) is 0 Å². The minimum Gasteiger partial charge on any atom is -0.493 e. The van der Waals surface area contributed by atoms with Gasteiger partial charge in [-0.15, -0.1) is 0 Å². The monoisotopic (exact) mass is 547 g/mol. The summed E-state index contributed by atoms with van der Waals surface area (Å²) >= 11 is 0. The summed E-state index contributed by atoms with van der Waals surface area (Å²) in [7, 11) is 0. The van der Waals surface area contributed by atoms with Crippen LogP contribution < -0.4 is 10.1 Å². The zero-order valence-electron chi connectivity index (χ0n) is 22.2. The van der Waals surface area contributed by atoms with Crippen LogP contribution in [0.15, 0.2) is 72.8 Å². The van der Waals surface area contributed by atoms with Crippen molar-refractivity contribution in [2.75, 3.05) is 32.8 Å². The van der Waals surface area contributed by atoms with E-state index in [1.807, 2.05) is 48.5 Å². The second kappa shape index (κ2) is 14.0. The van der Waals surface area contributed by atoms with Gasteiger partial charge in [-0.2, -0.15) is 0 Å². The number of ether oxygens (including phenoxy) is 2. The summed E-state index contributed by atoms with van der Waals surface area (Å²) in [4.78, 5) is 52.3. The third kappa shape index (κ3) is 8.20. The van der Waals surface area contributed by atoms with Gasteiger partial charge in [-0.25, -0.2) is 9.59 Å². The van der Waals surface area contributed by atoms with Gasteiger partial charge in [-0.1, -0.05) is 60.7 Å². The number of carboxylic acids is 1. The third-order valence-electron chi connectivity index (χ3n) is 6.74. The zero-order chi connectivity index (χ0) is 28.3. The molecule has 2 N–H and O–H groups in total. The number of hydrogen-bond acceptors (Lipinski definition) is 6. The smallest absolute Gasteiger partial charge is 0.408 e. The van der Waals surface area contributed by atoms with Gasteiger partial charge in [0.25, 0.3) is 0 Å². The molecular formula is C30H33N3O7. The molecule has 10 heteroatoms. The van der Waals surface area contributed by atoms with Crippen molar-refractivity contribution in [1.82, 2.24) is 15.1 Å². The van der Waals surface area contributed by atoms with Gasteiger partial charge in [0.1, 0.15) is 18.4 Å². The van der Waals surface area contributed by atoms with E-state index in [9.17, 15) is 24.3 Å². The Hall–Kier alpha value is -4.60. The van der Waals surface area contributed by atoms with Crippen LogP contribution in [0, 0.1) is 0 Å². The van der Waals surface area contributed by atoms with Crippen LogP contribution in [-0.2, 0) is 25.7 Å². The summed E-state index contributed by atoms with van der Waals surface area (Å²) in [5.74, 6) is -0.805. The molecule has 1 fully saturated rings. The molecule has 3 aromatic carbocycles. The standard InChI is InChI=1S/C30H33N3O7/c34-27(13-12-26(29(36)37)31-30(38)40-21-22-6-2-1-3-7-22)32-15-17-33(18-16-32)28(35)14-19-39-25-11-10-23-8-4-5-9-24(23)20-25/h1-11,20,26H,12-19,21H2,(H,31,38)(H,36,37)/t26-/m0/s1. The number of piperazine rings is 1. The SMILES string of the molecule is O=C(N[C@@H](CCC(=O)N1CCN(C(=O)CCOc2ccc3ccccc3c2)CC1)C(=O)O)OCc1ccccc1. The first-order chi connectivity index (χ1) is 19.4. The topological polar surface area (TPSA) is 125 Å². The lowest BCUT2D eigenvalue weighted by Gasteiger charge is -2.35. The van der Waals surface area contributed by atoms with E-state index in [1.54, 1.807) is 34.1 Å². The number of nitrogens with one attached hydrogen (secondary N) is 1. The van der Waals surface area contributed by atoms with Crippen molar-refractivity contribution in [2.45, 2.75) is 31.9 Å². The largest absolute Gasteiger partial charge is 0.493 e. The van der Waals surface area contributed by atoms with Gasteiger partial charge >= 0.3 is 12.1 Å². The minimum atomic E-state index is -1.25. The van der Waals surface area contributed by atoms with Crippen LogP contribution in [0.3, 0.4) is 0 Å². The maximum Gasteiger partial charge on any atom is 0.408 e. The van der Waals surface area contributed by atoms with E-state index in [1.165, 1.54) is 0 Å². The van der Waals surface area contributed by atoms with E-state index in [-0.39, 0.29) is 44.3 Å². The fourth-order valence-electron chi connectivity index (χ4n) is 4.47. The number of carboxylic acid groups (broad SMARTS) is 1. The highest BCUT2D eigenvalue weighted by molar-refractivity contribution is 5.84. The first-order valence-electron chi connectivity index (χ1n) is 13.3. The van der Waals surface area contributed by atoms with Crippen molar-refractivity contribution in [3.05, 3.63) is 78.4 Å². The van der Waals surface area contributed by atoms with E-state index in [4.69, 9.17) is 9.47 Å². The number of rotatable bonds is 11. The molecule has 1 heterocycles. The molecule has 1 saturated heterocycles. The van der Waals surface area contributed by atoms with E-state index >= 15 is 0 Å². The van der Waals surface area contributed by atoms with Crippen LogP contribution in [0.5, 0.6) is 5.75 Å². The van der Waals surface area contributed by atoms with E-state index in [0.717, 1.165) is 16.3 Å². The summed E-state index contributed by atoms with van der Waals surface area (Å²) in [6, 6.07) is 21.6. The van der Waals surface area contributed by atoms with Crippen molar-refractivity contribution in [3.8, 4) is 5.75 Å². The number of aliphatic carboxylic acids is 1. The quantitative estimate of drug-likeness (QED) is 0.377. The van der Waals surface area contributed by atoms with Gasteiger partial charge in [0, 0.05) is 32.6 Å². The molecule has 0 saturated carbocycles. The number of alkyl carbamates (subject to hydrolysis) is 1. The Balaban J connectivity index is 1.14. The molecule has 0 spiro atoms. The third-order valence-corrected chi connectivity index (χ3v) is 6.74. The van der Waals surface area contributed by atoms with Crippen LogP contribution in [0.1, 0.15) is 24.8 Å². The van der Waals surface area contributed by atoms with Crippen LogP contribution in [-0.4, -0.2) is 77.6 Å². The zero-order valence-corrected chi connectivity index (χ0v) is 22.2. The van der Waals surface area contributed by atoms with Crippen LogP contribution in [0.25, 0.3) is 10.8 Å². The van der Waals surface area contributed by atoms with Gasteiger partial charge in [0.2, 0.25) is 11.8 Å². The molecule has 0 aliphatic carbocycles. The number of carbonyl (C=O) groups is 4. The van der Waals surface area contributed by atoms with Gasteiger partial charge in [-0.05, 0) is 34.9 Å². The molecule has 40 heavy (non-hydrogen) atoms. The molecule has 210 valence electrons. The Labute approximate surface area is 232 Å². The molecule has 0 radical (unpaired) electrons. The average molecular weight is 548 g/mol. The fraction of sp³-hybridized carbons (Fsp3) is 0.333. The summed E-state index contributed by atoms with van der Waals surface area (Å²) in [5, 5.41) is 14.0. The summed E-state index contributed by atoms with van der Waals surface area (Å²) in [5.41, 5.74) is 0.773. The van der Waals surface area contributed by atoms with Crippen molar-refractivity contribution in [2.24, 2.45) is 0 Å². The summed E-state index contributed by atoms with van der Waals surface area (Å²) in [6.07, 6.45) is -0.753. The molecule has 1 atom stereocenters. The maximum absolute atomic E-state index is 12.7. The maximum atomic E-state index is 12.7. The average Bonchev–Trinajstić information content (AvgIpc) is 2.98. The van der Waals surface area contributed by atoms with Crippen molar-refractivity contribution < 1.29 is 33.8 Å². The number of amides is 3. The van der Waals surface area contributed by atoms with Crippen molar-refractivity contribution >= 4 is 34.6 Å². The molecule has 4 rings (SSSR count). The Kier molecular flexibility index (Phi) is 9.93. The molecule has 0 unspecified atom stereocenters. The van der Waals surface area contributed by atoms with E-state index < -0.39 is 18.1 Å². The van der Waals surface area contributed by atoms with E-state index in [0.29, 0.717) is 31.9 Å². The lowest BCUT2D eigenvalue weighted by Crippen LogP contribution is -2.51. The number of benzene rings is 3. The van der Waals surface area contributed by atoms with Crippen LogP contribution >= 0.6 is 0 Å². The molecule has 3 aromatic rings. The second-order valence-corrected chi connectivity index (χ2v) is 9.50. The molecule has 0 aromatic heterocycles. The Morgan fingerprint density at radius 3 is 2.10 bits per heavy atom. The van der Waals surface area contributed by atoms with Crippen LogP contribution in [0.4, 0.5) is 4.79 Å². The lowest BCUT2D eigenvalue weighted by atomic mass is 10.1. The number of fused-ring (bicyclic) bond motifs is 1. The predicted octanol–water partition coefficient (Wildman–Crippen LogP) is 3.44. The minimum absolute atomic E-state index is 0.0104. The molecule has 10 nitrogen and oxygen atoms in total. The van der Waals surface area contributed by atoms with Gasteiger partial charge in [-0.3, -0.25) is 9.59 Å². The number of hydrogen-bond donors (Lipinski definition) is 2. The number of nitrogens with zero attached hydrogens (tertiary/aromatic N) is 2. The molecule has 3 amide bonds. The van der Waals surface area contributed by atoms with Crippen molar-refractivity contribution in [3.63, 3.8) is 0 Å². The van der Waals surface area contributed by atoms with Crippen LogP contribution in [0.2, 0.25) is 0 Å². The highest BCUT2D eigenvalue weighted by Gasteiger charge is 2.26. The highest BCUT2D eigenvalue weighted by atomic mass is 16.5. The van der Waals surface area contributed by atoms with Gasteiger partial charge < -0.3 is 29.7 Å². The Bertz CT molecular complexity index is 1320. The Morgan fingerprint density at radius 1 is 0.800 bits per heavy atom.